The van der Waals surface area contributed by atoms with Crippen LogP contribution in [-0.2, 0) is 4.74 Å². The van der Waals surface area contributed by atoms with Crippen molar-refractivity contribution in [2.45, 2.75) is 65.3 Å². The highest BCUT2D eigenvalue weighted by molar-refractivity contribution is 9.11. The Hall–Kier alpha value is -3.15. The summed E-state index contributed by atoms with van der Waals surface area (Å²) in [6.07, 6.45) is 5.21. The van der Waals surface area contributed by atoms with Crippen molar-refractivity contribution >= 4 is 68.0 Å². The summed E-state index contributed by atoms with van der Waals surface area (Å²) in [5.41, 5.74) is 3.88. The molecule has 0 spiro atoms. The number of ether oxygens (including phenoxy) is 3. The van der Waals surface area contributed by atoms with Gasteiger partial charge in [-0.25, -0.2) is 14.8 Å². The number of methoxy groups -OCH3 is 2. The van der Waals surface area contributed by atoms with Crippen molar-refractivity contribution in [3.05, 3.63) is 57.9 Å². The molecule has 0 fully saturated rings. The number of hydrogen-bond donors (Lipinski definition) is 0. The second kappa shape index (κ2) is 11.3. The van der Waals surface area contributed by atoms with Crippen molar-refractivity contribution in [2.24, 2.45) is 0 Å². The zero-order valence-electron chi connectivity index (χ0n) is 26.8. The van der Waals surface area contributed by atoms with Gasteiger partial charge in [0.15, 0.2) is 8.24 Å². The van der Waals surface area contributed by atoms with Crippen LogP contribution in [0, 0.1) is 0 Å². The highest BCUT2D eigenvalue weighted by atomic mass is 79.9. The lowest BCUT2D eigenvalue weighted by Crippen LogP contribution is -2.45. The highest BCUT2D eigenvalue weighted by Gasteiger charge is 2.40. The van der Waals surface area contributed by atoms with Crippen LogP contribution in [0.3, 0.4) is 0 Å². The number of benzene rings is 2. The predicted octanol–water partition coefficient (Wildman–Crippen LogP) is 9.90. The van der Waals surface area contributed by atoms with Gasteiger partial charge in [0.25, 0.3) is 0 Å². The molecule has 0 atom stereocenters. The molecular formula is C33H38Br2N4O4Si. The summed E-state index contributed by atoms with van der Waals surface area (Å²) < 4.78 is 23.1. The molecule has 11 heteroatoms. The van der Waals surface area contributed by atoms with Crippen LogP contribution < -0.4 is 9.47 Å². The van der Waals surface area contributed by atoms with Crippen LogP contribution in [0.2, 0.25) is 18.1 Å². The van der Waals surface area contributed by atoms with E-state index >= 15 is 0 Å². The largest absolute Gasteiger partial charge is 0.495 e. The van der Waals surface area contributed by atoms with Crippen LogP contribution in [0.1, 0.15) is 41.5 Å². The molecular weight excluding hydrogens is 704 g/mol. The second-order valence-corrected chi connectivity index (χ2v) is 20.2. The summed E-state index contributed by atoms with van der Waals surface area (Å²) in [4.78, 5) is 23.1. The van der Waals surface area contributed by atoms with E-state index < -0.39 is 19.9 Å². The molecule has 0 radical (unpaired) electrons. The van der Waals surface area contributed by atoms with Crippen LogP contribution in [0.4, 0.5) is 4.79 Å². The lowest BCUT2D eigenvalue weighted by molar-refractivity contribution is 0.0544. The van der Waals surface area contributed by atoms with Gasteiger partial charge in [-0.3, -0.25) is 4.57 Å². The number of fused-ring (bicyclic) bond motifs is 2. The first kappa shape index (κ1) is 32.2. The standard InChI is InChI=1S/C33H38Br2N4O4Si/c1-32(2,3)43-31(40)38-17-21(20-12-11-19(34)15-25(20)38)28-30(42-8)37-24(16-36-28)22-18-39(44(9,10)33(4,5)6)29-26(41-7)14-13-23(35)27(22)29/h11-18H,1-10H3. The Morgan fingerprint density at radius 1 is 0.932 bits per heavy atom. The minimum Gasteiger partial charge on any atom is -0.495 e. The van der Waals surface area contributed by atoms with Gasteiger partial charge in [-0.1, -0.05) is 71.8 Å². The van der Waals surface area contributed by atoms with Gasteiger partial charge in [0.1, 0.15) is 17.0 Å². The molecule has 5 rings (SSSR count). The Morgan fingerprint density at radius 2 is 1.64 bits per heavy atom. The summed E-state index contributed by atoms with van der Waals surface area (Å²) in [5, 5.41) is 1.89. The third kappa shape index (κ3) is 5.58. The van der Waals surface area contributed by atoms with Crippen molar-refractivity contribution in [1.82, 2.24) is 18.8 Å². The van der Waals surface area contributed by atoms with Crippen molar-refractivity contribution in [3.8, 4) is 34.1 Å². The highest BCUT2D eigenvalue weighted by Crippen LogP contribution is 2.46. The zero-order valence-corrected chi connectivity index (χ0v) is 31.0. The normalized spacial score (nSPS) is 12.6. The average molecular weight is 743 g/mol. The number of halogens is 2. The van der Waals surface area contributed by atoms with Crippen LogP contribution in [0.25, 0.3) is 44.3 Å². The molecule has 0 saturated carbocycles. The summed E-state index contributed by atoms with van der Waals surface area (Å²) >= 11 is 7.35. The van der Waals surface area contributed by atoms with Crippen LogP contribution in [0.5, 0.6) is 11.6 Å². The Kier molecular flexibility index (Phi) is 8.30. The smallest absolute Gasteiger partial charge is 0.419 e. The van der Waals surface area contributed by atoms with Crippen molar-refractivity contribution in [1.29, 1.82) is 0 Å². The van der Waals surface area contributed by atoms with E-state index in [9.17, 15) is 4.79 Å². The molecule has 0 N–H and O–H groups in total. The average Bonchev–Trinajstić information content (AvgIpc) is 3.52. The van der Waals surface area contributed by atoms with E-state index in [1.54, 1.807) is 26.6 Å². The monoisotopic (exact) mass is 740 g/mol. The minimum absolute atomic E-state index is 0.0636. The molecule has 0 aliphatic rings. The number of carbonyl (C=O) groups excluding carboxylic acids is 1. The maximum absolute atomic E-state index is 13.2. The van der Waals surface area contributed by atoms with Crippen LogP contribution in [-0.4, -0.2) is 52.9 Å². The molecule has 0 saturated heterocycles. The first-order valence-corrected chi connectivity index (χ1v) is 18.9. The number of carbonyl (C=O) groups is 1. The topological polar surface area (TPSA) is 80.4 Å². The third-order valence-corrected chi connectivity index (χ3v) is 14.7. The second-order valence-electron chi connectivity index (χ2n) is 13.4. The van der Waals surface area contributed by atoms with E-state index in [4.69, 9.17) is 24.2 Å². The van der Waals surface area contributed by atoms with Gasteiger partial charge >= 0.3 is 6.09 Å². The lowest BCUT2D eigenvalue weighted by Gasteiger charge is -2.38. The summed E-state index contributed by atoms with van der Waals surface area (Å²) in [6.45, 7) is 17.1. The molecule has 3 aromatic heterocycles. The van der Waals surface area contributed by atoms with Gasteiger partial charge in [0.2, 0.25) is 5.88 Å². The maximum Gasteiger partial charge on any atom is 0.419 e. The van der Waals surface area contributed by atoms with E-state index in [2.05, 4.69) is 76.2 Å². The van der Waals surface area contributed by atoms with Crippen LogP contribution >= 0.6 is 31.9 Å². The molecule has 44 heavy (non-hydrogen) atoms. The fraction of sp³-hybridized carbons (Fsp3) is 0.364. The first-order valence-electron chi connectivity index (χ1n) is 14.3. The number of hydrogen-bond acceptors (Lipinski definition) is 6. The fourth-order valence-electron chi connectivity index (χ4n) is 5.14. The molecule has 0 aliphatic carbocycles. The van der Waals surface area contributed by atoms with E-state index in [1.807, 2.05) is 51.1 Å². The van der Waals surface area contributed by atoms with Gasteiger partial charge in [-0.15, -0.1) is 0 Å². The Bertz CT molecular complexity index is 1920. The third-order valence-electron chi connectivity index (χ3n) is 8.34. The Labute approximate surface area is 276 Å². The first-order chi connectivity index (χ1) is 20.5. The quantitative estimate of drug-likeness (QED) is 0.167. The summed E-state index contributed by atoms with van der Waals surface area (Å²) in [7, 11) is 1.20. The van der Waals surface area contributed by atoms with E-state index in [0.717, 1.165) is 36.5 Å². The number of rotatable bonds is 5. The predicted molar refractivity (Wildman–Crippen MR) is 187 cm³/mol. The van der Waals surface area contributed by atoms with E-state index in [0.29, 0.717) is 28.3 Å². The van der Waals surface area contributed by atoms with Gasteiger partial charge in [-0.2, -0.15) is 0 Å². The molecule has 0 amide bonds. The molecule has 5 aromatic rings. The van der Waals surface area contributed by atoms with E-state index in [-0.39, 0.29) is 5.04 Å². The Morgan fingerprint density at radius 3 is 2.25 bits per heavy atom. The van der Waals surface area contributed by atoms with Gasteiger partial charge in [0.05, 0.1) is 37.1 Å². The van der Waals surface area contributed by atoms with Gasteiger partial charge < -0.3 is 18.4 Å². The molecule has 0 unspecified atom stereocenters. The number of nitrogens with zero attached hydrogens (tertiary/aromatic N) is 4. The van der Waals surface area contributed by atoms with Crippen molar-refractivity contribution in [3.63, 3.8) is 0 Å². The SMILES string of the molecule is COc1nc(-c2cn([Si](C)(C)C(C)(C)C)c3c(OC)ccc(Br)c23)cnc1-c1cn(C(=O)OC(C)(C)C)c2cc(Br)ccc12. The summed E-state index contributed by atoms with van der Waals surface area (Å²) in [5.74, 6) is 1.15. The molecule has 232 valence electrons. The van der Waals surface area contributed by atoms with E-state index in [1.165, 1.54) is 4.57 Å². The van der Waals surface area contributed by atoms with Crippen LogP contribution in [0.15, 0.2) is 57.9 Å². The molecule has 8 nitrogen and oxygen atoms in total. The van der Waals surface area contributed by atoms with Crippen molar-refractivity contribution < 1.29 is 19.0 Å². The van der Waals surface area contributed by atoms with Crippen molar-refractivity contribution in [2.75, 3.05) is 14.2 Å². The zero-order chi connectivity index (χ0) is 32.4. The molecule has 3 heterocycles. The summed E-state index contributed by atoms with van der Waals surface area (Å²) in [6, 6.07) is 9.76. The van der Waals surface area contributed by atoms with Gasteiger partial charge in [0, 0.05) is 43.2 Å². The molecule has 0 aliphatic heterocycles. The Balaban J connectivity index is 1.73. The lowest BCUT2D eigenvalue weighted by atomic mass is 10.1. The minimum atomic E-state index is -2.09. The molecule has 2 aromatic carbocycles. The maximum atomic E-state index is 13.2. The molecule has 0 bridgehead atoms. The fourth-order valence-corrected chi connectivity index (χ4v) is 7.98. The number of aromatic nitrogens is 4. The van der Waals surface area contributed by atoms with Gasteiger partial charge in [-0.05, 0) is 50.1 Å².